The molecule has 166 valence electrons. The fraction of sp³-hybridized carbons (Fsp3) is 0.476. The third-order valence-corrected chi connectivity index (χ3v) is 5.83. The summed E-state index contributed by atoms with van der Waals surface area (Å²) in [6, 6.07) is 4.65. The summed E-state index contributed by atoms with van der Waals surface area (Å²) in [5.74, 6) is -0.952. The Labute approximate surface area is 179 Å². The van der Waals surface area contributed by atoms with E-state index in [9.17, 15) is 18.8 Å². The molecule has 31 heavy (non-hydrogen) atoms. The van der Waals surface area contributed by atoms with Crippen LogP contribution in [-0.2, 0) is 14.3 Å². The van der Waals surface area contributed by atoms with Gasteiger partial charge in [0.2, 0.25) is 5.91 Å². The molecule has 3 aliphatic rings. The van der Waals surface area contributed by atoms with Gasteiger partial charge in [-0.1, -0.05) is 12.1 Å². The van der Waals surface area contributed by atoms with E-state index in [1.165, 1.54) is 21.9 Å². The predicted octanol–water partition coefficient (Wildman–Crippen LogP) is 0.0665. The second-order valence-electron chi connectivity index (χ2n) is 7.82. The maximum Gasteiger partial charge on any atom is 0.322 e. The van der Waals surface area contributed by atoms with Crippen molar-refractivity contribution >= 4 is 17.8 Å². The molecule has 2 N–H and O–H groups in total. The number of rotatable bonds is 6. The Balaban J connectivity index is 1.40. The fourth-order valence-electron chi connectivity index (χ4n) is 4.06. The van der Waals surface area contributed by atoms with Crippen molar-refractivity contribution in [1.82, 2.24) is 25.3 Å². The van der Waals surface area contributed by atoms with Gasteiger partial charge in [0.05, 0.1) is 37.1 Å². The first-order valence-electron chi connectivity index (χ1n) is 10.3. The summed E-state index contributed by atoms with van der Waals surface area (Å²) in [6.07, 6.45) is 0. The van der Waals surface area contributed by atoms with Crippen molar-refractivity contribution in [3.8, 4) is 0 Å². The Morgan fingerprint density at radius 3 is 2.65 bits per heavy atom. The molecule has 0 bridgehead atoms. The summed E-state index contributed by atoms with van der Waals surface area (Å²) in [5.41, 5.74) is 1.58. The van der Waals surface area contributed by atoms with E-state index in [0.717, 1.165) is 19.6 Å². The molecule has 10 heteroatoms. The molecule has 0 aliphatic carbocycles. The van der Waals surface area contributed by atoms with Crippen LogP contribution in [-0.4, -0.2) is 92.1 Å². The van der Waals surface area contributed by atoms with E-state index in [1.807, 2.05) is 0 Å². The van der Waals surface area contributed by atoms with Crippen LogP contribution >= 0.6 is 0 Å². The van der Waals surface area contributed by atoms with Crippen molar-refractivity contribution < 1.29 is 23.5 Å². The largest absolute Gasteiger partial charge is 0.379 e. The molecule has 1 atom stereocenters. The molecule has 1 aromatic rings. The molecule has 0 radical (unpaired) electrons. The molecule has 1 saturated heterocycles. The lowest BCUT2D eigenvalue weighted by Gasteiger charge is -2.31. The van der Waals surface area contributed by atoms with Gasteiger partial charge < -0.3 is 20.3 Å². The van der Waals surface area contributed by atoms with E-state index >= 15 is 0 Å². The molecule has 0 saturated carbocycles. The minimum atomic E-state index is -0.679. The highest BCUT2D eigenvalue weighted by Crippen LogP contribution is 2.35. The van der Waals surface area contributed by atoms with E-state index in [2.05, 4.69) is 15.5 Å². The minimum absolute atomic E-state index is 0.0902. The zero-order valence-electron chi connectivity index (χ0n) is 17.4. The second kappa shape index (κ2) is 9.03. The van der Waals surface area contributed by atoms with Crippen molar-refractivity contribution in [3.05, 3.63) is 46.9 Å². The summed E-state index contributed by atoms with van der Waals surface area (Å²) in [5, 5.41) is 5.65. The number of ether oxygens (including phenoxy) is 1. The normalized spacial score (nSPS) is 21.9. The van der Waals surface area contributed by atoms with Gasteiger partial charge in [-0.3, -0.25) is 19.4 Å². The number of morpholine rings is 1. The molecule has 1 aromatic carbocycles. The molecule has 3 heterocycles. The maximum atomic E-state index is 13.3. The number of benzene rings is 1. The lowest BCUT2D eigenvalue weighted by atomic mass is 9.96. The standard InChI is InChI=1S/C21H26FN5O4/c1-25-16-12-27(13-17(28)23-6-7-26-8-10-31-11-9-26)20(29)18(16)19(24-21(25)30)14-2-4-15(22)5-3-14/h2-5,19H,6-13H2,1H3,(H,23,28)(H,24,30). The number of halogens is 1. The number of urea groups is 1. The number of nitrogens with zero attached hydrogens (tertiary/aromatic N) is 3. The van der Waals surface area contributed by atoms with E-state index in [4.69, 9.17) is 4.74 Å². The molecule has 0 aromatic heterocycles. The topological polar surface area (TPSA) is 94.2 Å². The molecule has 1 unspecified atom stereocenters. The highest BCUT2D eigenvalue weighted by atomic mass is 19.1. The van der Waals surface area contributed by atoms with Crippen molar-refractivity contribution in [2.45, 2.75) is 6.04 Å². The summed E-state index contributed by atoms with van der Waals surface area (Å²) in [7, 11) is 1.59. The molecule has 9 nitrogen and oxygen atoms in total. The summed E-state index contributed by atoms with van der Waals surface area (Å²) in [6.45, 7) is 4.38. The number of amides is 4. The van der Waals surface area contributed by atoms with Gasteiger partial charge in [-0.2, -0.15) is 0 Å². The van der Waals surface area contributed by atoms with Gasteiger partial charge in [0.25, 0.3) is 5.91 Å². The van der Waals surface area contributed by atoms with Crippen molar-refractivity contribution in [2.75, 3.05) is 59.5 Å². The predicted molar refractivity (Wildman–Crippen MR) is 109 cm³/mol. The van der Waals surface area contributed by atoms with E-state index in [0.29, 0.717) is 36.6 Å². The van der Waals surface area contributed by atoms with Crippen molar-refractivity contribution in [1.29, 1.82) is 0 Å². The zero-order chi connectivity index (χ0) is 22.0. The number of hydrogen-bond acceptors (Lipinski definition) is 5. The van der Waals surface area contributed by atoms with Crippen LogP contribution in [0.25, 0.3) is 0 Å². The van der Waals surface area contributed by atoms with Gasteiger partial charge in [-0.15, -0.1) is 0 Å². The highest BCUT2D eigenvalue weighted by molar-refractivity contribution is 6.02. The molecular weight excluding hydrogens is 405 g/mol. The molecule has 1 fully saturated rings. The average molecular weight is 431 g/mol. The van der Waals surface area contributed by atoms with Crippen molar-refractivity contribution in [2.24, 2.45) is 0 Å². The van der Waals surface area contributed by atoms with E-state index in [-0.39, 0.29) is 30.9 Å². The summed E-state index contributed by atoms with van der Waals surface area (Å²) < 4.78 is 18.6. The summed E-state index contributed by atoms with van der Waals surface area (Å²) >= 11 is 0. The molecular formula is C21H26FN5O4. The van der Waals surface area contributed by atoms with E-state index in [1.54, 1.807) is 19.2 Å². The van der Waals surface area contributed by atoms with Crippen molar-refractivity contribution in [3.63, 3.8) is 0 Å². The van der Waals surface area contributed by atoms with Gasteiger partial charge in [-0.05, 0) is 17.7 Å². The van der Waals surface area contributed by atoms with Crippen LogP contribution in [0.4, 0.5) is 9.18 Å². The van der Waals surface area contributed by atoms with Gasteiger partial charge >= 0.3 is 6.03 Å². The van der Waals surface area contributed by atoms with Crippen LogP contribution < -0.4 is 10.6 Å². The van der Waals surface area contributed by atoms with Gasteiger partial charge in [0.15, 0.2) is 0 Å². The van der Waals surface area contributed by atoms with Crippen LogP contribution in [0.1, 0.15) is 11.6 Å². The number of carbonyl (C=O) groups excluding carboxylic acids is 3. The van der Waals surface area contributed by atoms with Crippen LogP contribution in [0.5, 0.6) is 0 Å². The van der Waals surface area contributed by atoms with Crippen LogP contribution in [0, 0.1) is 5.82 Å². The maximum absolute atomic E-state index is 13.3. The average Bonchev–Trinajstić information content (AvgIpc) is 3.08. The van der Waals surface area contributed by atoms with Crippen LogP contribution in [0.3, 0.4) is 0 Å². The zero-order valence-corrected chi connectivity index (χ0v) is 17.4. The Morgan fingerprint density at radius 1 is 1.23 bits per heavy atom. The Hall–Kier alpha value is -2.98. The Bertz CT molecular complexity index is 898. The third-order valence-electron chi connectivity index (χ3n) is 5.83. The second-order valence-corrected chi connectivity index (χ2v) is 7.82. The lowest BCUT2D eigenvalue weighted by Crippen LogP contribution is -2.45. The number of nitrogens with one attached hydrogen (secondary N) is 2. The van der Waals surface area contributed by atoms with Gasteiger partial charge in [0, 0.05) is 33.2 Å². The van der Waals surface area contributed by atoms with E-state index < -0.39 is 11.9 Å². The molecule has 4 rings (SSSR count). The first-order chi connectivity index (χ1) is 14.9. The quantitative estimate of drug-likeness (QED) is 0.665. The Morgan fingerprint density at radius 2 is 1.94 bits per heavy atom. The number of carbonyl (C=O) groups is 3. The van der Waals surface area contributed by atoms with Crippen LogP contribution in [0.2, 0.25) is 0 Å². The number of hydrogen-bond donors (Lipinski definition) is 2. The SMILES string of the molecule is CN1C(=O)NC(c2ccc(F)cc2)C2=C1CN(CC(=O)NCCN1CCOCC1)C2=O. The monoisotopic (exact) mass is 431 g/mol. The first kappa shape index (κ1) is 21.3. The summed E-state index contributed by atoms with van der Waals surface area (Å²) in [4.78, 5) is 43.0. The van der Waals surface area contributed by atoms with Gasteiger partial charge in [0.1, 0.15) is 12.4 Å². The van der Waals surface area contributed by atoms with Crippen LogP contribution in [0.15, 0.2) is 35.5 Å². The highest BCUT2D eigenvalue weighted by Gasteiger charge is 2.43. The molecule has 4 amide bonds. The third kappa shape index (κ3) is 4.54. The minimum Gasteiger partial charge on any atom is -0.379 e. The molecule has 0 spiro atoms. The Kier molecular flexibility index (Phi) is 6.19. The van der Waals surface area contributed by atoms with Gasteiger partial charge in [-0.25, -0.2) is 9.18 Å². The smallest absolute Gasteiger partial charge is 0.322 e. The first-order valence-corrected chi connectivity index (χ1v) is 10.3. The number of likely N-dealkylation sites (N-methyl/N-ethyl adjacent to an activating group) is 1. The fourth-order valence-corrected chi connectivity index (χ4v) is 4.06. The molecule has 3 aliphatic heterocycles. The lowest BCUT2D eigenvalue weighted by molar-refractivity contribution is -0.131.